The molecule has 7 nitrogen and oxygen atoms in total. The van der Waals surface area contributed by atoms with Crippen LogP contribution in [0.4, 0.5) is 10.1 Å². The van der Waals surface area contributed by atoms with E-state index in [9.17, 15) is 9.18 Å². The predicted octanol–water partition coefficient (Wildman–Crippen LogP) is 4.51. The fourth-order valence-corrected chi connectivity index (χ4v) is 3.88. The predicted molar refractivity (Wildman–Crippen MR) is 118 cm³/mol. The van der Waals surface area contributed by atoms with Crippen LogP contribution in [0.15, 0.2) is 60.0 Å². The molecule has 0 unspecified atom stereocenters. The van der Waals surface area contributed by atoms with Crippen LogP contribution in [0.1, 0.15) is 0 Å². The van der Waals surface area contributed by atoms with Gasteiger partial charge in [0, 0.05) is 23.5 Å². The van der Waals surface area contributed by atoms with Gasteiger partial charge in [0.2, 0.25) is 5.91 Å². The van der Waals surface area contributed by atoms with E-state index in [-0.39, 0.29) is 17.5 Å². The maximum Gasteiger partial charge on any atom is 0.234 e. The number of amides is 1. The fraction of sp³-hybridized carbons (Fsp3) is 0.136. The van der Waals surface area contributed by atoms with Crippen molar-refractivity contribution in [3.63, 3.8) is 0 Å². The largest absolute Gasteiger partial charge is 0.493 e. The van der Waals surface area contributed by atoms with Gasteiger partial charge in [-0.3, -0.25) is 4.79 Å². The molecule has 0 radical (unpaired) electrons. The van der Waals surface area contributed by atoms with Gasteiger partial charge in [-0.2, -0.15) is 0 Å². The van der Waals surface area contributed by atoms with Gasteiger partial charge in [0.25, 0.3) is 0 Å². The van der Waals surface area contributed by atoms with Gasteiger partial charge in [-0.1, -0.05) is 23.9 Å². The summed E-state index contributed by atoms with van der Waals surface area (Å²) in [5, 5.41) is 3.49. The molecule has 4 rings (SSSR count). The summed E-state index contributed by atoms with van der Waals surface area (Å²) in [6.45, 7) is 0. The highest BCUT2D eigenvalue weighted by molar-refractivity contribution is 8.00. The number of ether oxygens (including phenoxy) is 2. The van der Waals surface area contributed by atoms with Crippen LogP contribution < -0.4 is 14.8 Å². The van der Waals surface area contributed by atoms with Crippen molar-refractivity contribution < 1.29 is 18.7 Å². The highest BCUT2D eigenvalue weighted by Crippen LogP contribution is 2.32. The van der Waals surface area contributed by atoms with Crippen molar-refractivity contribution in [3.8, 4) is 22.6 Å². The zero-order valence-electron chi connectivity index (χ0n) is 16.8. The highest BCUT2D eigenvalue weighted by Gasteiger charge is 2.14. The molecule has 158 valence electrons. The Bertz CT molecular complexity index is 1230. The van der Waals surface area contributed by atoms with Crippen LogP contribution in [0.25, 0.3) is 22.2 Å². The average molecular weight is 438 g/mol. The molecule has 4 aromatic rings. The molecule has 9 heteroatoms. The molecular weight excluding hydrogens is 419 g/mol. The van der Waals surface area contributed by atoms with E-state index in [1.54, 1.807) is 43.6 Å². The molecule has 0 bridgehead atoms. The van der Waals surface area contributed by atoms with Gasteiger partial charge in [0.15, 0.2) is 11.5 Å². The lowest BCUT2D eigenvalue weighted by Gasteiger charge is -2.10. The van der Waals surface area contributed by atoms with Crippen molar-refractivity contribution in [3.05, 3.63) is 60.8 Å². The second-order valence-electron chi connectivity index (χ2n) is 6.52. The Kier molecular flexibility index (Phi) is 6.03. The van der Waals surface area contributed by atoms with E-state index in [4.69, 9.17) is 9.47 Å². The van der Waals surface area contributed by atoms with E-state index in [0.29, 0.717) is 27.7 Å². The number of nitrogens with zero attached hydrogens (tertiary/aromatic N) is 2. The molecular formula is C22H19FN4O3S. The van der Waals surface area contributed by atoms with Crippen LogP contribution in [-0.4, -0.2) is 40.8 Å². The van der Waals surface area contributed by atoms with Crippen molar-refractivity contribution in [1.29, 1.82) is 0 Å². The minimum atomic E-state index is -0.296. The topological polar surface area (TPSA) is 89.1 Å². The molecule has 0 fully saturated rings. The third-order valence-electron chi connectivity index (χ3n) is 4.59. The number of fused-ring (bicyclic) bond motifs is 1. The lowest BCUT2D eigenvalue weighted by Crippen LogP contribution is -2.14. The van der Waals surface area contributed by atoms with Crippen molar-refractivity contribution in [2.45, 2.75) is 5.03 Å². The molecule has 2 heterocycles. The van der Waals surface area contributed by atoms with E-state index in [0.717, 1.165) is 16.6 Å². The molecule has 0 atom stereocenters. The van der Waals surface area contributed by atoms with Crippen LogP contribution in [0.5, 0.6) is 11.5 Å². The number of H-pyrrole nitrogens is 1. The van der Waals surface area contributed by atoms with Gasteiger partial charge < -0.3 is 19.8 Å². The fourth-order valence-electron chi connectivity index (χ4n) is 3.12. The molecule has 0 saturated carbocycles. The molecule has 2 N–H and O–H groups in total. The number of nitrogens with one attached hydrogen (secondary N) is 2. The summed E-state index contributed by atoms with van der Waals surface area (Å²) in [5.74, 6) is 0.794. The lowest BCUT2D eigenvalue weighted by atomic mass is 10.1. The summed E-state index contributed by atoms with van der Waals surface area (Å²) >= 11 is 1.30. The van der Waals surface area contributed by atoms with Crippen LogP contribution in [0.2, 0.25) is 0 Å². The number of thioether (sulfide) groups is 1. The number of rotatable bonds is 7. The van der Waals surface area contributed by atoms with Crippen LogP contribution in [-0.2, 0) is 4.79 Å². The minimum absolute atomic E-state index is 0.158. The summed E-state index contributed by atoms with van der Waals surface area (Å²) in [6, 6.07) is 11.4. The standard InChI is InChI=1S/C22H19FN4O3S/c1-29-17-8-7-15(9-18(17)30-2)27-19(28)11-31-22-21-20(25-12-26-22)16(10-24-21)13-3-5-14(23)6-4-13/h3-10,12,24H,11H2,1-2H3,(H,27,28). The second kappa shape index (κ2) is 9.05. The van der Waals surface area contributed by atoms with Gasteiger partial charge in [0.05, 0.1) is 25.5 Å². The maximum atomic E-state index is 13.2. The van der Waals surface area contributed by atoms with E-state index >= 15 is 0 Å². The molecule has 0 saturated heterocycles. The summed E-state index contributed by atoms with van der Waals surface area (Å²) in [6.07, 6.45) is 3.26. The minimum Gasteiger partial charge on any atom is -0.493 e. The molecule has 2 aromatic carbocycles. The lowest BCUT2D eigenvalue weighted by molar-refractivity contribution is -0.113. The number of carbonyl (C=O) groups excluding carboxylic acids is 1. The van der Waals surface area contributed by atoms with E-state index in [2.05, 4.69) is 20.3 Å². The Morgan fingerprint density at radius 3 is 2.61 bits per heavy atom. The van der Waals surface area contributed by atoms with Crippen LogP contribution in [0, 0.1) is 5.82 Å². The molecule has 0 aliphatic carbocycles. The van der Waals surface area contributed by atoms with Crippen LogP contribution >= 0.6 is 11.8 Å². The Labute approximate surface area is 182 Å². The smallest absolute Gasteiger partial charge is 0.234 e. The van der Waals surface area contributed by atoms with Crippen molar-refractivity contribution in [2.24, 2.45) is 0 Å². The van der Waals surface area contributed by atoms with E-state index in [1.807, 2.05) is 0 Å². The number of aromatic amines is 1. The Morgan fingerprint density at radius 2 is 1.87 bits per heavy atom. The maximum absolute atomic E-state index is 13.2. The zero-order chi connectivity index (χ0) is 21.8. The Morgan fingerprint density at radius 1 is 1.10 bits per heavy atom. The van der Waals surface area contributed by atoms with Gasteiger partial charge in [-0.05, 0) is 29.8 Å². The number of aromatic nitrogens is 3. The highest BCUT2D eigenvalue weighted by atomic mass is 32.2. The first-order valence-electron chi connectivity index (χ1n) is 9.31. The number of hydrogen-bond acceptors (Lipinski definition) is 6. The Balaban J connectivity index is 1.48. The number of carbonyl (C=O) groups is 1. The first-order chi connectivity index (χ1) is 15.1. The van der Waals surface area contributed by atoms with Gasteiger partial charge in [0.1, 0.15) is 22.7 Å². The van der Waals surface area contributed by atoms with Crippen molar-refractivity contribution in [2.75, 3.05) is 25.3 Å². The molecule has 0 aliphatic rings. The quantitative estimate of drug-likeness (QED) is 0.326. The summed E-state index contributed by atoms with van der Waals surface area (Å²) in [7, 11) is 3.09. The van der Waals surface area contributed by atoms with E-state index < -0.39 is 0 Å². The van der Waals surface area contributed by atoms with E-state index in [1.165, 1.54) is 37.3 Å². The molecule has 0 aliphatic heterocycles. The Hall–Kier alpha value is -3.59. The van der Waals surface area contributed by atoms with Crippen molar-refractivity contribution >= 4 is 34.4 Å². The molecule has 31 heavy (non-hydrogen) atoms. The molecule has 1 amide bonds. The van der Waals surface area contributed by atoms with Gasteiger partial charge in [-0.15, -0.1) is 0 Å². The number of hydrogen-bond donors (Lipinski definition) is 2. The van der Waals surface area contributed by atoms with Crippen LogP contribution in [0.3, 0.4) is 0 Å². The zero-order valence-corrected chi connectivity index (χ0v) is 17.6. The summed E-state index contributed by atoms with van der Waals surface area (Å²) in [5.41, 5.74) is 3.73. The number of halogens is 1. The summed E-state index contributed by atoms with van der Waals surface area (Å²) < 4.78 is 23.7. The monoisotopic (exact) mass is 438 g/mol. The second-order valence-corrected chi connectivity index (χ2v) is 7.48. The molecule has 0 spiro atoms. The summed E-state index contributed by atoms with van der Waals surface area (Å²) in [4.78, 5) is 24.3. The van der Waals surface area contributed by atoms with Gasteiger partial charge >= 0.3 is 0 Å². The first kappa shape index (κ1) is 20.7. The third-order valence-corrected chi connectivity index (χ3v) is 5.58. The first-order valence-corrected chi connectivity index (χ1v) is 10.3. The number of anilines is 1. The number of methoxy groups -OCH3 is 2. The average Bonchev–Trinajstić information content (AvgIpc) is 3.23. The molecule has 2 aromatic heterocycles. The normalized spacial score (nSPS) is 10.8. The number of benzene rings is 2. The third kappa shape index (κ3) is 4.46. The van der Waals surface area contributed by atoms with Crippen molar-refractivity contribution in [1.82, 2.24) is 15.0 Å². The SMILES string of the molecule is COc1ccc(NC(=O)CSc2ncnc3c(-c4ccc(F)cc4)c[nH]c23)cc1OC. The van der Waals surface area contributed by atoms with Gasteiger partial charge in [-0.25, -0.2) is 14.4 Å².